The summed E-state index contributed by atoms with van der Waals surface area (Å²) in [6, 6.07) is 10.1. The van der Waals surface area contributed by atoms with Gasteiger partial charge in [-0.2, -0.15) is 10.2 Å². The standard InChI is InChI=1S/C22H29N3O5S/c1-22(2,3)30-21(26)25-13-11-16(12-14-25)20-10-5-17(23-24-20)15-29-18-6-8-19(9-7-18)31(4,27)28/h5-10,16H,11-15H2,1-4H3. The number of likely N-dealkylation sites (tertiary alicyclic amines) is 1. The van der Waals surface area contributed by atoms with Crippen molar-refractivity contribution in [2.45, 2.75) is 56.6 Å². The molecule has 3 rings (SSSR count). The first-order valence-electron chi connectivity index (χ1n) is 10.2. The topological polar surface area (TPSA) is 98.7 Å². The van der Waals surface area contributed by atoms with Crippen molar-refractivity contribution in [3.05, 3.63) is 47.8 Å². The number of benzene rings is 1. The fourth-order valence-corrected chi connectivity index (χ4v) is 3.92. The van der Waals surface area contributed by atoms with Gasteiger partial charge in [-0.1, -0.05) is 0 Å². The van der Waals surface area contributed by atoms with Crippen molar-refractivity contribution in [2.24, 2.45) is 0 Å². The van der Waals surface area contributed by atoms with Crippen LogP contribution in [-0.4, -0.2) is 54.6 Å². The molecule has 0 unspecified atom stereocenters. The number of rotatable bonds is 5. The Morgan fingerprint density at radius 1 is 1.06 bits per heavy atom. The largest absolute Gasteiger partial charge is 0.487 e. The molecule has 1 fully saturated rings. The molecule has 0 saturated carbocycles. The van der Waals surface area contributed by atoms with Crippen LogP contribution in [0.4, 0.5) is 4.79 Å². The summed E-state index contributed by atoms with van der Waals surface area (Å²) in [6.45, 7) is 7.10. The van der Waals surface area contributed by atoms with Crippen molar-refractivity contribution < 1.29 is 22.7 Å². The van der Waals surface area contributed by atoms with Crippen molar-refractivity contribution in [1.29, 1.82) is 0 Å². The first-order chi connectivity index (χ1) is 14.5. The summed E-state index contributed by atoms with van der Waals surface area (Å²) >= 11 is 0. The van der Waals surface area contributed by atoms with E-state index in [-0.39, 0.29) is 23.5 Å². The number of amides is 1. The molecule has 1 aromatic heterocycles. The van der Waals surface area contributed by atoms with Gasteiger partial charge in [0.2, 0.25) is 0 Å². The summed E-state index contributed by atoms with van der Waals surface area (Å²) in [6.07, 6.45) is 2.53. The molecule has 0 spiro atoms. The molecule has 1 saturated heterocycles. The summed E-state index contributed by atoms with van der Waals surface area (Å²) < 4.78 is 34.1. The molecule has 1 aromatic carbocycles. The Kier molecular flexibility index (Phi) is 6.83. The van der Waals surface area contributed by atoms with Crippen LogP contribution < -0.4 is 4.74 Å². The van der Waals surface area contributed by atoms with Crippen molar-refractivity contribution in [1.82, 2.24) is 15.1 Å². The van der Waals surface area contributed by atoms with Crippen molar-refractivity contribution in [2.75, 3.05) is 19.3 Å². The Balaban J connectivity index is 1.50. The molecule has 0 N–H and O–H groups in total. The average Bonchev–Trinajstić information content (AvgIpc) is 2.71. The SMILES string of the molecule is CC(C)(C)OC(=O)N1CCC(c2ccc(COc3ccc(S(C)(=O)=O)cc3)nn2)CC1. The van der Waals surface area contributed by atoms with Crippen LogP contribution in [0.15, 0.2) is 41.3 Å². The molecule has 168 valence electrons. The van der Waals surface area contributed by atoms with E-state index in [2.05, 4.69) is 10.2 Å². The lowest BCUT2D eigenvalue weighted by atomic mass is 9.93. The predicted octanol–water partition coefficient (Wildman–Crippen LogP) is 3.57. The van der Waals surface area contributed by atoms with E-state index in [1.165, 1.54) is 18.4 Å². The summed E-state index contributed by atoms with van der Waals surface area (Å²) in [5.74, 6) is 0.817. The lowest BCUT2D eigenvalue weighted by Crippen LogP contribution is -2.41. The molecule has 0 atom stereocenters. The summed E-state index contributed by atoms with van der Waals surface area (Å²) in [7, 11) is -3.23. The van der Waals surface area contributed by atoms with Crippen LogP contribution >= 0.6 is 0 Å². The number of aromatic nitrogens is 2. The molecule has 1 aliphatic rings. The molecule has 1 aliphatic heterocycles. The van der Waals surface area contributed by atoms with E-state index < -0.39 is 15.4 Å². The van der Waals surface area contributed by atoms with E-state index >= 15 is 0 Å². The van der Waals surface area contributed by atoms with Gasteiger partial charge in [0.1, 0.15) is 23.7 Å². The van der Waals surface area contributed by atoms with Gasteiger partial charge in [-0.05, 0) is 70.0 Å². The fraction of sp³-hybridized carbons (Fsp3) is 0.500. The number of hydrogen-bond acceptors (Lipinski definition) is 7. The molecule has 0 aliphatic carbocycles. The van der Waals surface area contributed by atoms with Crippen molar-refractivity contribution in [3.63, 3.8) is 0 Å². The Labute approximate surface area is 183 Å². The second-order valence-corrected chi connectivity index (χ2v) is 10.7. The average molecular weight is 448 g/mol. The molecule has 2 heterocycles. The van der Waals surface area contributed by atoms with Gasteiger partial charge in [-0.3, -0.25) is 0 Å². The van der Waals surface area contributed by atoms with Gasteiger partial charge in [0.05, 0.1) is 10.6 Å². The Hall–Kier alpha value is -2.68. The third-order valence-corrected chi connectivity index (χ3v) is 6.07. The van der Waals surface area contributed by atoms with Crippen LogP contribution in [0.25, 0.3) is 0 Å². The molecule has 0 radical (unpaired) electrons. The van der Waals surface area contributed by atoms with Crippen LogP contribution in [0.3, 0.4) is 0 Å². The van der Waals surface area contributed by atoms with E-state index in [0.717, 1.165) is 18.5 Å². The van der Waals surface area contributed by atoms with E-state index in [1.807, 2.05) is 32.9 Å². The third kappa shape index (κ3) is 6.65. The highest BCUT2D eigenvalue weighted by Gasteiger charge is 2.28. The number of piperidine rings is 1. The number of carbonyl (C=O) groups excluding carboxylic acids is 1. The highest BCUT2D eigenvalue weighted by atomic mass is 32.2. The number of hydrogen-bond donors (Lipinski definition) is 0. The van der Waals surface area contributed by atoms with Gasteiger partial charge in [-0.25, -0.2) is 13.2 Å². The van der Waals surface area contributed by atoms with E-state index in [4.69, 9.17) is 9.47 Å². The molecule has 9 heteroatoms. The van der Waals surface area contributed by atoms with Gasteiger partial charge in [-0.15, -0.1) is 0 Å². The molecule has 31 heavy (non-hydrogen) atoms. The van der Waals surface area contributed by atoms with Crippen LogP contribution in [0.5, 0.6) is 5.75 Å². The van der Waals surface area contributed by atoms with E-state index in [0.29, 0.717) is 24.5 Å². The van der Waals surface area contributed by atoms with Gasteiger partial charge in [0.15, 0.2) is 9.84 Å². The normalized spacial score (nSPS) is 15.5. The number of nitrogens with zero attached hydrogens (tertiary/aromatic N) is 3. The van der Waals surface area contributed by atoms with Crippen LogP contribution in [0, 0.1) is 0 Å². The second kappa shape index (κ2) is 9.21. The predicted molar refractivity (Wildman–Crippen MR) is 116 cm³/mol. The van der Waals surface area contributed by atoms with Crippen molar-refractivity contribution in [3.8, 4) is 5.75 Å². The fourth-order valence-electron chi connectivity index (χ4n) is 3.29. The Bertz CT molecular complexity index is 991. The van der Waals surface area contributed by atoms with Gasteiger partial charge in [0.25, 0.3) is 0 Å². The maximum atomic E-state index is 12.2. The number of sulfone groups is 1. The van der Waals surface area contributed by atoms with Crippen LogP contribution in [0.1, 0.15) is 50.9 Å². The first kappa shape index (κ1) is 23.0. The highest BCUT2D eigenvalue weighted by Crippen LogP contribution is 2.27. The Morgan fingerprint density at radius 3 is 2.23 bits per heavy atom. The summed E-state index contributed by atoms with van der Waals surface area (Å²) in [5.41, 5.74) is 1.10. The highest BCUT2D eigenvalue weighted by molar-refractivity contribution is 7.90. The van der Waals surface area contributed by atoms with E-state index in [1.54, 1.807) is 17.0 Å². The van der Waals surface area contributed by atoms with Crippen LogP contribution in [0.2, 0.25) is 0 Å². The minimum absolute atomic E-state index is 0.239. The summed E-state index contributed by atoms with van der Waals surface area (Å²) in [5, 5.41) is 8.60. The molecule has 8 nitrogen and oxygen atoms in total. The zero-order valence-corrected chi connectivity index (χ0v) is 19.2. The lowest BCUT2D eigenvalue weighted by Gasteiger charge is -2.33. The maximum Gasteiger partial charge on any atom is 0.410 e. The zero-order chi connectivity index (χ0) is 22.6. The van der Waals surface area contributed by atoms with Gasteiger partial charge < -0.3 is 14.4 Å². The molecule has 0 bridgehead atoms. The van der Waals surface area contributed by atoms with E-state index in [9.17, 15) is 13.2 Å². The molecule has 1 amide bonds. The third-order valence-electron chi connectivity index (χ3n) is 4.94. The minimum atomic E-state index is -3.23. The Morgan fingerprint density at radius 2 is 1.71 bits per heavy atom. The molecule has 2 aromatic rings. The van der Waals surface area contributed by atoms with Crippen LogP contribution in [-0.2, 0) is 21.2 Å². The van der Waals surface area contributed by atoms with Gasteiger partial charge >= 0.3 is 6.09 Å². The first-order valence-corrected chi connectivity index (χ1v) is 12.1. The van der Waals surface area contributed by atoms with Crippen molar-refractivity contribution >= 4 is 15.9 Å². The zero-order valence-electron chi connectivity index (χ0n) is 18.4. The maximum absolute atomic E-state index is 12.2. The quantitative estimate of drug-likeness (QED) is 0.691. The molecular formula is C22H29N3O5S. The lowest BCUT2D eigenvalue weighted by molar-refractivity contribution is 0.0204. The molecular weight excluding hydrogens is 418 g/mol. The number of ether oxygens (including phenoxy) is 2. The number of carbonyl (C=O) groups is 1. The van der Waals surface area contributed by atoms with Gasteiger partial charge in [0, 0.05) is 25.3 Å². The smallest absolute Gasteiger partial charge is 0.410 e. The summed E-state index contributed by atoms with van der Waals surface area (Å²) in [4.78, 5) is 14.2. The minimum Gasteiger partial charge on any atom is -0.487 e. The second-order valence-electron chi connectivity index (χ2n) is 8.72. The monoisotopic (exact) mass is 447 g/mol.